The highest BCUT2D eigenvalue weighted by molar-refractivity contribution is 5.88. The van der Waals surface area contributed by atoms with Crippen LogP contribution in [-0.2, 0) is 9.59 Å². The van der Waals surface area contributed by atoms with Crippen molar-refractivity contribution in [3.63, 3.8) is 0 Å². The van der Waals surface area contributed by atoms with Crippen molar-refractivity contribution in [3.8, 4) is 0 Å². The molecule has 3 rings (SSSR count). The topological polar surface area (TPSA) is 82.3 Å². The maximum absolute atomic E-state index is 12.4. The molecule has 0 aliphatic heterocycles. The maximum atomic E-state index is 12.4. The van der Waals surface area contributed by atoms with Crippen molar-refractivity contribution in [1.82, 2.24) is 21.3 Å². The van der Waals surface area contributed by atoms with E-state index in [0.29, 0.717) is 12.1 Å². The Bertz CT molecular complexity index is 609. The number of nitrogens with one attached hydrogen (secondary N) is 4. The Labute approximate surface area is 194 Å². The van der Waals surface area contributed by atoms with Gasteiger partial charge in [0.05, 0.1) is 0 Å². The molecule has 0 aromatic rings. The van der Waals surface area contributed by atoms with Gasteiger partial charge < -0.3 is 21.3 Å². The quantitative estimate of drug-likeness (QED) is 0.423. The van der Waals surface area contributed by atoms with Gasteiger partial charge in [0.15, 0.2) is 0 Å². The number of hydrogen-bond acceptors (Lipinski definition) is 4. The summed E-state index contributed by atoms with van der Waals surface area (Å²) in [6.07, 6.45) is 19.6. The SMILES string of the molecule is C/C(=C/C(=O)NC1CCC(NC(=O)/C=C(/C)NC2CCCCC2)CC1)NC1CCCCC1. The fourth-order valence-corrected chi connectivity index (χ4v) is 5.48. The molecule has 3 aliphatic carbocycles. The lowest BCUT2D eigenvalue weighted by molar-refractivity contribution is -0.119. The molecular formula is C26H44N4O2. The van der Waals surface area contributed by atoms with Crippen LogP contribution in [0.3, 0.4) is 0 Å². The number of hydrogen-bond donors (Lipinski definition) is 4. The van der Waals surface area contributed by atoms with E-state index in [2.05, 4.69) is 21.3 Å². The van der Waals surface area contributed by atoms with Gasteiger partial charge in [0, 0.05) is 47.7 Å². The zero-order valence-corrected chi connectivity index (χ0v) is 20.2. The third-order valence-electron chi connectivity index (χ3n) is 7.19. The zero-order chi connectivity index (χ0) is 22.8. The highest BCUT2D eigenvalue weighted by atomic mass is 16.2. The summed E-state index contributed by atoms with van der Waals surface area (Å²) in [5.41, 5.74) is 1.92. The van der Waals surface area contributed by atoms with Crippen molar-refractivity contribution in [2.24, 2.45) is 0 Å². The Hall–Kier alpha value is -1.98. The Balaban J connectivity index is 1.33. The minimum absolute atomic E-state index is 0.00867. The lowest BCUT2D eigenvalue weighted by Crippen LogP contribution is -2.43. The summed E-state index contributed by atoms with van der Waals surface area (Å²) >= 11 is 0. The molecule has 2 amide bonds. The Morgan fingerprint density at radius 2 is 0.812 bits per heavy atom. The van der Waals surface area contributed by atoms with Gasteiger partial charge in [-0.05, 0) is 65.2 Å². The molecule has 4 N–H and O–H groups in total. The van der Waals surface area contributed by atoms with Crippen LogP contribution in [0.2, 0.25) is 0 Å². The van der Waals surface area contributed by atoms with E-state index in [4.69, 9.17) is 0 Å². The monoisotopic (exact) mass is 444 g/mol. The van der Waals surface area contributed by atoms with Crippen molar-refractivity contribution in [2.45, 2.75) is 128 Å². The Morgan fingerprint density at radius 3 is 1.16 bits per heavy atom. The van der Waals surface area contributed by atoms with E-state index >= 15 is 0 Å². The molecule has 3 saturated carbocycles. The Kier molecular flexibility index (Phi) is 9.94. The fraction of sp³-hybridized carbons (Fsp3) is 0.769. The molecule has 0 aromatic carbocycles. The summed E-state index contributed by atoms with van der Waals surface area (Å²) in [7, 11) is 0. The second kappa shape index (κ2) is 12.9. The van der Waals surface area contributed by atoms with Crippen LogP contribution < -0.4 is 21.3 Å². The molecule has 0 heterocycles. The fourth-order valence-electron chi connectivity index (χ4n) is 5.48. The van der Waals surface area contributed by atoms with Crippen LogP contribution in [0.5, 0.6) is 0 Å². The summed E-state index contributed by atoms with van der Waals surface area (Å²) in [5, 5.41) is 13.3. The maximum Gasteiger partial charge on any atom is 0.245 e. The van der Waals surface area contributed by atoms with Gasteiger partial charge in [-0.1, -0.05) is 38.5 Å². The second-order valence-corrected chi connectivity index (χ2v) is 10.2. The number of amides is 2. The van der Waals surface area contributed by atoms with E-state index < -0.39 is 0 Å². The van der Waals surface area contributed by atoms with Crippen LogP contribution in [0, 0.1) is 0 Å². The zero-order valence-electron chi connectivity index (χ0n) is 20.2. The first-order valence-electron chi connectivity index (χ1n) is 13.0. The first-order chi connectivity index (χ1) is 15.5. The van der Waals surface area contributed by atoms with E-state index in [1.807, 2.05) is 13.8 Å². The van der Waals surface area contributed by atoms with E-state index in [9.17, 15) is 9.59 Å². The van der Waals surface area contributed by atoms with E-state index in [0.717, 1.165) is 37.1 Å². The van der Waals surface area contributed by atoms with Gasteiger partial charge in [-0.2, -0.15) is 0 Å². The van der Waals surface area contributed by atoms with Gasteiger partial charge in [0.25, 0.3) is 0 Å². The summed E-state index contributed by atoms with van der Waals surface area (Å²) in [5.74, 6) is -0.0173. The van der Waals surface area contributed by atoms with Crippen molar-refractivity contribution >= 4 is 11.8 Å². The predicted octanol–water partition coefficient (Wildman–Crippen LogP) is 4.18. The van der Waals surface area contributed by atoms with E-state index in [-0.39, 0.29) is 23.9 Å². The van der Waals surface area contributed by atoms with Gasteiger partial charge in [-0.25, -0.2) is 0 Å². The van der Waals surface area contributed by atoms with Gasteiger partial charge in [0.1, 0.15) is 0 Å². The molecular weight excluding hydrogens is 400 g/mol. The van der Waals surface area contributed by atoms with Crippen LogP contribution >= 0.6 is 0 Å². The molecule has 32 heavy (non-hydrogen) atoms. The van der Waals surface area contributed by atoms with Crippen molar-refractivity contribution in [1.29, 1.82) is 0 Å². The molecule has 0 radical (unpaired) electrons. The molecule has 6 heteroatoms. The first kappa shape index (κ1) is 24.7. The predicted molar refractivity (Wildman–Crippen MR) is 130 cm³/mol. The molecule has 0 saturated heterocycles. The molecule has 3 fully saturated rings. The number of carbonyl (C=O) groups excluding carboxylic acids is 2. The molecule has 0 unspecified atom stereocenters. The second-order valence-electron chi connectivity index (χ2n) is 10.2. The lowest BCUT2D eigenvalue weighted by Gasteiger charge is -2.29. The summed E-state index contributed by atoms with van der Waals surface area (Å²) < 4.78 is 0. The van der Waals surface area contributed by atoms with Crippen molar-refractivity contribution in [3.05, 3.63) is 23.5 Å². The lowest BCUT2D eigenvalue weighted by atomic mass is 9.91. The molecule has 0 aromatic heterocycles. The highest BCUT2D eigenvalue weighted by Crippen LogP contribution is 2.20. The Morgan fingerprint density at radius 1 is 0.500 bits per heavy atom. The van der Waals surface area contributed by atoms with Crippen LogP contribution in [0.25, 0.3) is 0 Å². The molecule has 3 aliphatic rings. The average Bonchev–Trinajstić information content (AvgIpc) is 2.76. The minimum Gasteiger partial charge on any atom is -0.386 e. The molecule has 6 nitrogen and oxygen atoms in total. The van der Waals surface area contributed by atoms with Crippen LogP contribution in [0.1, 0.15) is 104 Å². The van der Waals surface area contributed by atoms with Gasteiger partial charge in [0.2, 0.25) is 11.8 Å². The minimum atomic E-state index is -0.00867. The average molecular weight is 445 g/mol. The number of carbonyl (C=O) groups is 2. The van der Waals surface area contributed by atoms with Gasteiger partial charge in [-0.15, -0.1) is 0 Å². The normalized spacial score (nSPS) is 26.3. The molecule has 0 bridgehead atoms. The third kappa shape index (κ3) is 8.87. The smallest absolute Gasteiger partial charge is 0.245 e. The van der Waals surface area contributed by atoms with Crippen LogP contribution in [-0.4, -0.2) is 36.0 Å². The van der Waals surface area contributed by atoms with Crippen LogP contribution in [0.4, 0.5) is 0 Å². The van der Waals surface area contributed by atoms with Crippen molar-refractivity contribution in [2.75, 3.05) is 0 Å². The standard InChI is InChI=1S/C26H44N4O2/c1-19(27-21-9-5-3-6-10-21)17-25(31)29-23-13-15-24(16-14-23)30-26(32)18-20(2)28-22-11-7-4-8-12-22/h17-18,21-24,27-28H,3-16H2,1-2H3,(H,29,31)(H,30,32)/b19-17-,20-18-. The largest absolute Gasteiger partial charge is 0.386 e. The molecule has 0 atom stereocenters. The van der Waals surface area contributed by atoms with Crippen LogP contribution in [0.15, 0.2) is 23.5 Å². The van der Waals surface area contributed by atoms with E-state index in [1.54, 1.807) is 12.2 Å². The summed E-state index contributed by atoms with van der Waals surface area (Å²) in [4.78, 5) is 24.8. The summed E-state index contributed by atoms with van der Waals surface area (Å²) in [6, 6.07) is 1.42. The first-order valence-corrected chi connectivity index (χ1v) is 13.0. The molecule has 180 valence electrons. The van der Waals surface area contributed by atoms with Crippen molar-refractivity contribution < 1.29 is 9.59 Å². The highest BCUT2D eigenvalue weighted by Gasteiger charge is 2.23. The van der Waals surface area contributed by atoms with Gasteiger partial charge >= 0.3 is 0 Å². The van der Waals surface area contributed by atoms with Gasteiger partial charge in [-0.3, -0.25) is 9.59 Å². The number of allylic oxidation sites excluding steroid dienone is 2. The third-order valence-corrected chi connectivity index (χ3v) is 7.19. The number of rotatable bonds is 8. The molecule has 0 spiro atoms. The summed E-state index contributed by atoms with van der Waals surface area (Å²) in [6.45, 7) is 3.97. The van der Waals surface area contributed by atoms with E-state index in [1.165, 1.54) is 64.2 Å².